The highest BCUT2D eigenvalue weighted by Crippen LogP contribution is 2.24. The molecule has 0 radical (unpaired) electrons. The molecule has 1 amide bonds. The molecular weight excluding hydrogens is 399 g/mol. The van der Waals surface area contributed by atoms with Gasteiger partial charge in [0.1, 0.15) is 11.6 Å². The van der Waals surface area contributed by atoms with Gasteiger partial charge in [-0.15, -0.1) is 10.2 Å². The highest BCUT2D eigenvalue weighted by atomic mass is 32.2. The maximum absolute atomic E-state index is 13.8. The van der Waals surface area contributed by atoms with Crippen molar-refractivity contribution in [2.75, 3.05) is 11.1 Å². The zero-order chi connectivity index (χ0) is 20.8. The second-order valence-electron chi connectivity index (χ2n) is 6.55. The molecule has 0 fully saturated rings. The number of benzene rings is 3. The van der Waals surface area contributed by atoms with E-state index in [2.05, 4.69) is 15.5 Å². The minimum absolute atomic E-state index is 0.0879. The van der Waals surface area contributed by atoms with Crippen LogP contribution < -0.4 is 5.32 Å². The third-order valence-electron chi connectivity index (χ3n) is 4.40. The number of halogens is 1. The van der Waals surface area contributed by atoms with Crippen molar-refractivity contribution in [3.05, 3.63) is 102 Å². The quantitative estimate of drug-likeness (QED) is 0.441. The molecule has 4 rings (SSSR count). The van der Waals surface area contributed by atoms with Gasteiger partial charge in [0.15, 0.2) is 5.16 Å². The van der Waals surface area contributed by atoms with E-state index in [4.69, 9.17) is 0 Å². The number of rotatable bonds is 7. The monoisotopic (exact) mass is 418 g/mol. The Morgan fingerprint density at radius 3 is 2.30 bits per heavy atom. The van der Waals surface area contributed by atoms with E-state index < -0.39 is 5.82 Å². The lowest BCUT2D eigenvalue weighted by Gasteiger charge is -2.10. The van der Waals surface area contributed by atoms with Crippen LogP contribution in [-0.4, -0.2) is 26.4 Å². The van der Waals surface area contributed by atoms with Crippen LogP contribution in [0.2, 0.25) is 0 Å². The molecule has 0 saturated heterocycles. The molecule has 1 N–H and O–H groups in total. The van der Waals surface area contributed by atoms with E-state index in [0.717, 1.165) is 17.1 Å². The molecule has 0 atom stereocenters. The molecule has 150 valence electrons. The van der Waals surface area contributed by atoms with Gasteiger partial charge in [0.2, 0.25) is 5.91 Å². The van der Waals surface area contributed by atoms with Gasteiger partial charge < -0.3 is 5.32 Å². The fourth-order valence-corrected chi connectivity index (χ4v) is 3.77. The van der Waals surface area contributed by atoms with Crippen molar-refractivity contribution in [1.29, 1.82) is 0 Å². The SMILES string of the molecule is O=C(CSc1nnc(Cc2ccccc2)n1-c1ccccc1)Nc1ccccc1F. The molecule has 7 heteroatoms. The van der Waals surface area contributed by atoms with E-state index in [0.29, 0.717) is 11.6 Å². The van der Waals surface area contributed by atoms with Crippen LogP contribution in [0.5, 0.6) is 0 Å². The first-order valence-corrected chi connectivity index (χ1v) is 10.4. The topological polar surface area (TPSA) is 59.8 Å². The minimum atomic E-state index is -0.464. The maximum Gasteiger partial charge on any atom is 0.234 e. The highest BCUT2D eigenvalue weighted by molar-refractivity contribution is 7.99. The minimum Gasteiger partial charge on any atom is -0.323 e. The molecule has 1 heterocycles. The average Bonchev–Trinajstić information content (AvgIpc) is 3.17. The number of carbonyl (C=O) groups is 1. The van der Waals surface area contributed by atoms with Crippen LogP contribution in [0.25, 0.3) is 5.69 Å². The van der Waals surface area contributed by atoms with Crippen molar-refractivity contribution in [3.63, 3.8) is 0 Å². The fraction of sp³-hybridized carbons (Fsp3) is 0.0870. The molecule has 0 unspecified atom stereocenters. The van der Waals surface area contributed by atoms with Gasteiger partial charge in [-0.2, -0.15) is 0 Å². The van der Waals surface area contributed by atoms with Crippen LogP contribution >= 0.6 is 11.8 Å². The summed E-state index contributed by atoms with van der Waals surface area (Å²) >= 11 is 1.26. The van der Waals surface area contributed by atoms with Crippen molar-refractivity contribution >= 4 is 23.4 Å². The van der Waals surface area contributed by atoms with E-state index in [-0.39, 0.29) is 17.3 Å². The molecule has 3 aromatic carbocycles. The van der Waals surface area contributed by atoms with Crippen LogP contribution in [0.1, 0.15) is 11.4 Å². The number of anilines is 1. The first-order valence-electron chi connectivity index (χ1n) is 9.41. The standard InChI is InChI=1S/C23H19FN4OS/c24-19-13-7-8-14-20(19)25-22(29)16-30-23-27-26-21(15-17-9-3-1-4-10-17)28(23)18-11-5-2-6-12-18/h1-14H,15-16H2,(H,25,29). The second kappa shape index (κ2) is 9.37. The summed E-state index contributed by atoms with van der Waals surface area (Å²) in [5.41, 5.74) is 2.21. The fourth-order valence-electron chi connectivity index (χ4n) is 3.00. The lowest BCUT2D eigenvalue weighted by atomic mass is 10.1. The Morgan fingerprint density at radius 1 is 0.900 bits per heavy atom. The van der Waals surface area contributed by atoms with Gasteiger partial charge in [-0.1, -0.05) is 72.4 Å². The second-order valence-corrected chi connectivity index (χ2v) is 7.49. The molecule has 0 aliphatic heterocycles. The molecule has 0 aliphatic carbocycles. The highest BCUT2D eigenvalue weighted by Gasteiger charge is 2.16. The van der Waals surface area contributed by atoms with Crippen molar-refractivity contribution in [1.82, 2.24) is 14.8 Å². The summed E-state index contributed by atoms with van der Waals surface area (Å²) in [6.45, 7) is 0. The van der Waals surface area contributed by atoms with E-state index in [9.17, 15) is 9.18 Å². The lowest BCUT2D eigenvalue weighted by molar-refractivity contribution is -0.113. The summed E-state index contributed by atoms with van der Waals surface area (Å²) < 4.78 is 15.7. The summed E-state index contributed by atoms with van der Waals surface area (Å²) in [6, 6.07) is 25.9. The Bertz CT molecular complexity index is 1130. The average molecular weight is 418 g/mol. The Morgan fingerprint density at radius 2 is 1.57 bits per heavy atom. The number of nitrogens with one attached hydrogen (secondary N) is 1. The number of nitrogens with zero attached hydrogens (tertiary/aromatic N) is 3. The van der Waals surface area contributed by atoms with Crippen molar-refractivity contribution in [2.45, 2.75) is 11.6 Å². The Labute approximate surface area is 178 Å². The van der Waals surface area contributed by atoms with Gasteiger partial charge in [-0.25, -0.2) is 4.39 Å². The summed E-state index contributed by atoms with van der Waals surface area (Å²) in [5, 5.41) is 11.9. The summed E-state index contributed by atoms with van der Waals surface area (Å²) in [7, 11) is 0. The van der Waals surface area contributed by atoms with E-state index in [1.807, 2.05) is 65.2 Å². The molecule has 5 nitrogen and oxygen atoms in total. The maximum atomic E-state index is 13.8. The summed E-state index contributed by atoms with van der Waals surface area (Å²) in [6.07, 6.45) is 0.616. The van der Waals surface area contributed by atoms with E-state index in [1.54, 1.807) is 12.1 Å². The molecule has 0 bridgehead atoms. The molecule has 1 aromatic heterocycles. The Kier molecular flexibility index (Phi) is 6.20. The van der Waals surface area contributed by atoms with Gasteiger partial charge >= 0.3 is 0 Å². The number of amides is 1. The number of aromatic nitrogens is 3. The van der Waals surface area contributed by atoms with E-state index in [1.165, 1.54) is 23.9 Å². The summed E-state index contributed by atoms with van der Waals surface area (Å²) in [5.74, 6) is 0.0974. The van der Waals surface area contributed by atoms with Gasteiger partial charge in [-0.05, 0) is 29.8 Å². The number of para-hydroxylation sites is 2. The smallest absolute Gasteiger partial charge is 0.234 e. The predicted molar refractivity (Wildman–Crippen MR) is 116 cm³/mol. The third kappa shape index (κ3) is 4.75. The van der Waals surface area contributed by atoms with Gasteiger partial charge in [0, 0.05) is 12.1 Å². The molecule has 30 heavy (non-hydrogen) atoms. The number of hydrogen-bond donors (Lipinski definition) is 1. The molecule has 0 aliphatic rings. The Hall–Kier alpha value is -3.45. The third-order valence-corrected chi connectivity index (χ3v) is 5.33. The first-order chi connectivity index (χ1) is 14.7. The summed E-state index contributed by atoms with van der Waals surface area (Å²) in [4.78, 5) is 12.3. The zero-order valence-electron chi connectivity index (χ0n) is 16.0. The first kappa shape index (κ1) is 19.8. The van der Waals surface area contributed by atoms with Crippen molar-refractivity contribution in [3.8, 4) is 5.69 Å². The predicted octanol–water partition coefficient (Wildman–Crippen LogP) is 4.73. The van der Waals surface area contributed by atoms with Crippen molar-refractivity contribution in [2.24, 2.45) is 0 Å². The van der Waals surface area contributed by atoms with Crippen LogP contribution in [-0.2, 0) is 11.2 Å². The largest absolute Gasteiger partial charge is 0.323 e. The number of hydrogen-bond acceptors (Lipinski definition) is 4. The van der Waals surface area contributed by atoms with Gasteiger partial charge in [-0.3, -0.25) is 9.36 Å². The van der Waals surface area contributed by atoms with Crippen LogP contribution in [0.4, 0.5) is 10.1 Å². The van der Waals surface area contributed by atoms with Crippen LogP contribution in [0, 0.1) is 5.82 Å². The zero-order valence-corrected chi connectivity index (χ0v) is 16.8. The molecule has 0 spiro atoms. The van der Waals surface area contributed by atoms with Gasteiger partial charge in [0.05, 0.1) is 11.4 Å². The van der Waals surface area contributed by atoms with Crippen LogP contribution in [0.3, 0.4) is 0 Å². The van der Waals surface area contributed by atoms with Gasteiger partial charge in [0.25, 0.3) is 0 Å². The molecule has 0 saturated carbocycles. The number of thioether (sulfide) groups is 1. The Balaban J connectivity index is 1.54. The molecule has 4 aromatic rings. The van der Waals surface area contributed by atoms with E-state index >= 15 is 0 Å². The lowest BCUT2D eigenvalue weighted by Crippen LogP contribution is -2.15. The van der Waals surface area contributed by atoms with Crippen LogP contribution in [0.15, 0.2) is 90.1 Å². The normalized spacial score (nSPS) is 10.7. The van der Waals surface area contributed by atoms with Crippen molar-refractivity contribution < 1.29 is 9.18 Å². The number of carbonyl (C=O) groups excluding carboxylic acids is 1. The molecular formula is C23H19FN4OS.